The summed E-state index contributed by atoms with van der Waals surface area (Å²) in [7, 11) is 1.66. The molecule has 2 atom stereocenters. The number of pyridine rings is 1. The molecule has 2 aromatic heterocycles. The summed E-state index contributed by atoms with van der Waals surface area (Å²) in [5.41, 5.74) is 3.21. The molecule has 0 unspecified atom stereocenters. The monoisotopic (exact) mass is 530 g/mol. The minimum Gasteiger partial charge on any atom is -0.497 e. The van der Waals surface area contributed by atoms with Gasteiger partial charge in [-0.05, 0) is 97.3 Å². The molecule has 1 aliphatic rings. The van der Waals surface area contributed by atoms with Gasteiger partial charge in [0.15, 0.2) is 5.82 Å². The van der Waals surface area contributed by atoms with Crippen LogP contribution < -0.4 is 10.3 Å². The van der Waals surface area contributed by atoms with Crippen molar-refractivity contribution in [2.24, 2.45) is 0 Å². The van der Waals surface area contributed by atoms with Gasteiger partial charge in [-0.25, -0.2) is 4.68 Å². The average Bonchev–Trinajstić information content (AvgIpc) is 3.62. The summed E-state index contributed by atoms with van der Waals surface area (Å²) in [5, 5.41) is 14.0. The fourth-order valence-corrected chi connectivity index (χ4v) is 5.31. The Bertz CT molecular complexity index is 1460. The Morgan fingerprint density at radius 3 is 2.59 bits per heavy atom. The highest BCUT2D eigenvalue weighted by Crippen LogP contribution is 2.32. The number of ether oxygens (including phenoxy) is 2. The largest absolute Gasteiger partial charge is 0.497 e. The van der Waals surface area contributed by atoms with Crippen LogP contribution in [0.15, 0.2) is 53.3 Å². The summed E-state index contributed by atoms with van der Waals surface area (Å²) >= 11 is 0. The van der Waals surface area contributed by atoms with Crippen LogP contribution in [0.4, 0.5) is 0 Å². The predicted octanol–water partition coefficient (Wildman–Crippen LogP) is 4.61. The molecular formula is C30H38N6O3. The van der Waals surface area contributed by atoms with Crippen molar-refractivity contribution in [1.82, 2.24) is 30.1 Å². The Labute approximate surface area is 229 Å². The van der Waals surface area contributed by atoms with E-state index >= 15 is 0 Å². The maximum atomic E-state index is 13.8. The van der Waals surface area contributed by atoms with Gasteiger partial charge in [-0.1, -0.05) is 25.1 Å². The highest BCUT2D eigenvalue weighted by molar-refractivity contribution is 5.80. The summed E-state index contributed by atoms with van der Waals surface area (Å²) in [5.74, 6) is 1.43. The van der Waals surface area contributed by atoms with Crippen molar-refractivity contribution in [1.29, 1.82) is 0 Å². The van der Waals surface area contributed by atoms with Crippen LogP contribution in [0.3, 0.4) is 0 Å². The van der Waals surface area contributed by atoms with Crippen molar-refractivity contribution < 1.29 is 9.47 Å². The van der Waals surface area contributed by atoms with E-state index in [0.29, 0.717) is 24.5 Å². The van der Waals surface area contributed by atoms with Gasteiger partial charge in [0.1, 0.15) is 11.8 Å². The SMILES string of the molecule is CCc1ccc2[nH]c(=O)c([C@H](c3nnnn3C(C)(C)C)N(Cc3ccc(OC)cc3)C[C@H]3CCCO3)cc2c1. The lowest BCUT2D eigenvalue weighted by Gasteiger charge is -2.34. The molecule has 0 saturated carbocycles. The molecule has 206 valence electrons. The molecular weight excluding hydrogens is 492 g/mol. The van der Waals surface area contributed by atoms with Crippen LogP contribution in [0.5, 0.6) is 5.75 Å². The second-order valence-corrected chi connectivity index (χ2v) is 11.3. The van der Waals surface area contributed by atoms with Crippen molar-refractivity contribution in [2.45, 2.75) is 71.2 Å². The number of hydrogen-bond acceptors (Lipinski definition) is 7. The Kier molecular flexibility index (Phi) is 7.81. The lowest BCUT2D eigenvalue weighted by atomic mass is 9.99. The zero-order chi connectivity index (χ0) is 27.6. The number of aromatic amines is 1. The van der Waals surface area contributed by atoms with E-state index in [1.54, 1.807) is 7.11 Å². The molecule has 1 aliphatic heterocycles. The third kappa shape index (κ3) is 5.89. The number of tetrazole rings is 1. The van der Waals surface area contributed by atoms with Crippen LogP contribution >= 0.6 is 0 Å². The fourth-order valence-electron chi connectivity index (χ4n) is 5.31. The van der Waals surface area contributed by atoms with Gasteiger partial charge < -0.3 is 14.5 Å². The molecule has 3 heterocycles. The number of benzene rings is 2. The number of aromatic nitrogens is 5. The normalized spacial score (nSPS) is 16.7. The van der Waals surface area contributed by atoms with Gasteiger partial charge in [0.05, 0.1) is 18.8 Å². The molecule has 0 aliphatic carbocycles. The fraction of sp³-hybridized carbons (Fsp3) is 0.467. The number of methoxy groups -OCH3 is 1. The minimum atomic E-state index is -0.496. The van der Waals surface area contributed by atoms with Crippen molar-refractivity contribution >= 4 is 10.9 Å². The Balaban J connectivity index is 1.68. The number of nitrogens with zero attached hydrogens (tertiary/aromatic N) is 5. The van der Waals surface area contributed by atoms with Gasteiger partial charge >= 0.3 is 0 Å². The summed E-state index contributed by atoms with van der Waals surface area (Å²) in [4.78, 5) is 19.2. The molecule has 9 heteroatoms. The van der Waals surface area contributed by atoms with Crippen LogP contribution in [0.25, 0.3) is 10.9 Å². The Morgan fingerprint density at radius 1 is 1.15 bits per heavy atom. The van der Waals surface area contributed by atoms with Crippen LogP contribution in [-0.2, 0) is 23.2 Å². The van der Waals surface area contributed by atoms with Crippen molar-refractivity contribution in [2.75, 3.05) is 20.3 Å². The van der Waals surface area contributed by atoms with E-state index in [9.17, 15) is 4.79 Å². The van der Waals surface area contributed by atoms with E-state index in [2.05, 4.69) is 77.4 Å². The standard InChI is InChI=1S/C30H38N6O3/c1-6-20-11-14-26-22(16-20)17-25(29(37)31-26)27(28-32-33-34-36(28)30(2,3)4)35(19-24-8-7-15-39-24)18-21-9-12-23(38-5)13-10-21/h9-14,16-17,24,27H,6-8,15,18-19H2,1-5H3,(H,31,37)/t24-,27-/m1/s1. The summed E-state index contributed by atoms with van der Waals surface area (Å²) < 4.78 is 13.3. The molecule has 0 amide bonds. The topological polar surface area (TPSA) is 98.2 Å². The van der Waals surface area contributed by atoms with E-state index in [0.717, 1.165) is 48.1 Å². The lowest BCUT2D eigenvalue weighted by Crippen LogP contribution is -2.40. The third-order valence-electron chi connectivity index (χ3n) is 7.39. The smallest absolute Gasteiger partial charge is 0.253 e. The molecule has 4 aromatic rings. The number of rotatable bonds is 9. The van der Waals surface area contributed by atoms with Crippen LogP contribution in [0, 0.1) is 0 Å². The maximum absolute atomic E-state index is 13.8. The van der Waals surface area contributed by atoms with E-state index in [1.165, 1.54) is 5.56 Å². The second kappa shape index (κ2) is 11.3. The number of hydrogen-bond donors (Lipinski definition) is 1. The van der Waals surface area contributed by atoms with E-state index < -0.39 is 6.04 Å². The van der Waals surface area contributed by atoms with E-state index in [-0.39, 0.29) is 17.2 Å². The molecule has 2 aromatic carbocycles. The number of fused-ring (bicyclic) bond motifs is 1. The van der Waals surface area contributed by atoms with Gasteiger partial charge in [0.25, 0.3) is 5.56 Å². The van der Waals surface area contributed by atoms with Gasteiger partial charge in [-0.2, -0.15) is 0 Å². The maximum Gasteiger partial charge on any atom is 0.253 e. The molecule has 1 fully saturated rings. The first-order valence-electron chi connectivity index (χ1n) is 13.7. The summed E-state index contributed by atoms with van der Waals surface area (Å²) in [6.45, 7) is 10.3. The number of nitrogens with one attached hydrogen (secondary N) is 1. The molecule has 0 radical (unpaired) electrons. The third-order valence-corrected chi connectivity index (χ3v) is 7.39. The summed E-state index contributed by atoms with van der Waals surface area (Å²) in [6.07, 6.45) is 2.99. The first-order chi connectivity index (χ1) is 18.8. The van der Waals surface area contributed by atoms with Crippen molar-refractivity contribution in [3.05, 3.63) is 81.4 Å². The Hall–Kier alpha value is -3.56. The van der Waals surface area contributed by atoms with E-state index in [1.807, 2.05) is 28.9 Å². The van der Waals surface area contributed by atoms with E-state index in [4.69, 9.17) is 9.47 Å². The molecule has 0 bridgehead atoms. The molecule has 9 nitrogen and oxygen atoms in total. The summed E-state index contributed by atoms with van der Waals surface area (Å²) in [6, 6.07) is 15.7. The minimum absolute atomic E-state index is 0.0657. The van der Waals surface area contributed by atoms with Crippen molar-refractivity contribution in [3.63, 3.8) is 0 Å². The zero-order valence-corrected chi connectivity index (χ0v) is 23.5. The van der Waals surface area contributed by atoms with Crippen molar-refractivity contribution in [3.8, 4) is 5.75 Å². The molecule has 5 rings (SSSR count). The van der Waals surface area contributed by atoms with Crippen LogP contribution in [-0.4, -0.2) is 56.5 Å². The van der Waals surface area contributed by atoms with Gasteiger partial charge in [-0.15, -0.1) is 5.10 Å². The first kappa shape index (κ1) is 27.0. The molecule has 1 saturated heterocycles. The van der Waals surface area contributed by atoms with Crippen LogP contribution in [0.2, 0.25) is 0 Å². The second-order valence-electron chi connectivity index (χ2n) is 11.3. The van der Waals surface area contributed by atoms with Gasteiger partial charge in [0, 0.05) is 30.8 Å². The quantitative estimate of drug-likeness (QED) is 0.337. The molecule has 39 heavy (non-hydrogen) atoms. The molecule has 1 N–H and O–H groups in total. The van der Waals surface area contributed by atoms with Gasteiger partial charge in [-0.3, -0.25) is 9.69 Å². The highest BCUT2D eigenvalue weighted by atomic mass is 16.5. The molecule has 0 spiro atoms. The number of aryl methyl sites for hydroxylation is 1. The Morgan fingerprint density at radius 2 is 1.92 bits per heavy atom. The first-order valence-corrected chi connectivity index (χ1v) is 13.7. The highest BCUT2D eigenvalue weighted by Gasteiger charge is 2.35. The average molecular weight is 531 g/mol. The van der Waals surface area contributed by atoms with Gasteiger partial charge in [0.2, 0.25) is 0 Å². The predicted molar refractivity (Wildman–Crippen MR) is 151 cm³/mol. The lowest BCUT2D eigenvalue weighted by molar-refractivity contribution is 0.0564. The number of H-pyrrole nitrogens is 1. The zero-order valence-electron chi connectivity index (χ0n) is 23.5. The van der Waals surface area contributed by atoms with Crippen LogP contribution in [0.1, 0.15) is 69.1 Å².